The van der Waals surface area contributed by atoms with E-state index in [4.69, 9.17) is 23.2 Å². The van der Waals surface area contributed by atoms with Crippen molar-refractivity contribution in [1.82, 2.24) is 4.72 Å². The molecular formula is C16H15Cl2FN2O3S. The number of hydrogen-bond donors (Lipinski definition) is 2. The number of sulfonamides is 1. The molecule has 2 aromatic carbocycles. The van der Waals surface area contributed by atoms with Gasteiger partial charge in [-0.25, -0.2) is 17.5 Å². The van der Waals surface area contributed by atoms with E-state index >= 15 is 0 Å². The molecular weight excluding hydrogens is 390 g/mol. The van der Waals surface area contributed by atoms with Gasteiger partial charge in [-0.15, -0.1) is 0 Å². The molecule has 0 bridgehead atoms. The van der Waals surface area contributed by atoms with Crippen LogP contribution < -0.4 is 10.0 Å². The van der Waals surface area contributed by atoms with Gasteiger partial charge in [0, 0.05) is 11.1 Å². The average Bonchev–Trinajstić information content (AvgIpc) is 2.49. The second-order valence-electron chi connectivity index (χ2n) is 5.50. The van der Waals surface area contributed by atoms with Gasteiger partial charge in [0.05, 0.1) is 21.2 Å². The number of amides is 1. The molecule has 2 N–H and O–H groups in total. The van der Waals surface area contributed by atoms with Crippen LogP contribution >= 0.6 is 23.2 Å². The first-order chi connectivity index (χ1) is 11.6. The lowest BCUT2D eigenvalue weighted by atomic mass is 10.2. The van der Waals surface area contributed by atoms with Gasteiger partial charge in [0.2, 0.25) is 10.0 Å². The van der Waals surface area contributed by atoms with E-state index in [-0.39, 0.29) is 32.2 Å². The third-order valence-electron chi connectivity index (χ3n) is 3.06. The SMILES string of the molecule is CC(C)NS(=O)(=O)c1ccc(Cl)c(C(=O)Nc2ccc(Cl)cc2F)c1. The molecule has 0 radical (unpaired) electrons. The highest BCUT2D eigenvalue weighted by Crippen LogP contribution is 2.24. The van der Waals surface area contributed by atoms with Crippen LogP contribution in [0.25, 0.3) is 0 Å². The zero-order valence-electron chi connectivity index (χ0n) is 13.3. The fourth-order valence-electron chi connectivity index (χ4n) is 2.00. The Balaban J connectivity index is 2.35. The molecule has 0 aliphatic heterocycles. The summed E-state index contributed by atoms with van der Waals surface area (Å²) in [6, 6.07) is 7.15. The second kappa shape index (κ2) is 7.70. The van der Waals surface area contributed by atoms with E-state index in [1.807, 2.05) is 0 Å². The molecule has 2 aromatic rings. The zero-order chi connectivity index (χ0) is 18.8. The van der Waals surface area contributed by atoms with Gasteiger partial charge in [0.1, 0.15) is 5.82 Å². The summed E-state index contributed by atoms with van der Waals surface area (Å²) in [6.07, 6.45) is 0. The first kappa shape index (κ1) is 19.7. The fourth-order valence-corrected chi connectivity index (χ4v) is 3.64. The molecule has 0 spiro atoms. The minimum atomic E-state index is -3.80. The minimum Gasteiger partial charge on any atom is -0.319 e. The van der Waals surface area contributed by atoms with Crippen molar-refractivity contribution in [2.24, 2.45) is 0 Å². The van der Waals surface area contributed by atoms with Gasteiger partial charge in [-0.3, -0.25) is 4.79 Å². The van der Waals surface area contributed by atoms with Gasteiger partial charge in [-0.05, 0) is 50.2 Å². The van der Waals surface area contributed by atoms with Gasteiger partial charge in [-0.2, -0.15) is 0 Å². The van der Waals surface area contributed by atoms with Crippen molar-refractivity contribution in [2.45, 2.75) is 24.8 Å². The van der Waals surface area contributed by atoms with E-state index in [1.165, 1.54) is 24.3 Å². The quantitative estimate of drug-likeness (QED) is 0.788. The van der Waals surface area contributed by atoms with Crippen LogP contribution in [0.15, 0.2) is 41.3 Å². The normalized spacial score (nSPS) is 11.6. The molecule has 134 valence electrons. The lowest BCUT2D eigenvalue weighted by Gasteiger charge is -2.12. The maximum Gasteiger partial charge on any atom is 0.257 e. The Bertz CT molecular complexity index is 918. The van der Waals surface area contributed by atoms with Gasteiger partial charge < -0.3 is 5.32 Å². The van der Waals surface area contributed by atoms with Crippen molar-refractivity contribution in [3.05, 3.63) is 57.8 Å². The van der Waals surface area contributed by atoms with Crippen molar-refractivity contribution in [2.75, 3.05) is 5.32 Å². The Hall–Kier alpha value is -1.67. The third kappa shape index (κ3) is 4.92. The molecule has 25 heavy (non-hydrogen) atoms. The standard InChI is InChI=1S/C16H15Cl2FN2O3S/c1-9(2)21-25(23,24)11-4-5-13(18)12(8-11)16(22)20-15-6-3-10(17)7-14(15)19/h3-9,21H,1-2H3,(H,20,22). The van der Waals surface area contributed by atoms with Gasteiger partial charge >= 0.3 is 0 Å². The molecule has 0 unspecified atom stereocenters. The zero-order valence-corrected chi connectivity index (χ0v) is 15.6. The second-order valence-corrected chi connectivity index (χ2v) is 8.05. The minimum absolute atomic E-state index is 0.0374. The molecule has 0 saturated carbocycles. The van der Waals surface area contributed by atoms with Crippen LogP contribution in [0.4, 0.5) is 10.1 Å². The molecule has 0 aliphatic rings. The van der Waals surface area contributed by atoms with Gasteiger partial charge in [0.25, 0.3) is 5.91 Å². The Kier molecular flexibility index (Phi) is 6.05. The molecule has 9 heteroatoms. The Morgan fingerprint density at radius 1 is 1.12 bits per heavy atom. The third-order valence-corrected chi connectivity index (χ3v) is 5.28. The predicted molar refractivity (Wildman–Crippen MR) is 96.3 cm³/mol. The number of benzene rings is 2. The summed E-state index contributed by atoms with van der Waals surface area (Å²) in [7, 11) is -3.80. The predicted octanol–water partition coefficient (Wildman–Crippen LogP) is 4.07. The maximum absolute atomic E-state index is 13.8. The summed E-state index contributed by atoms with van der Waals surface area (Å²) in [4.78, 5) is 12.2. The molecule has 0 aliphatic carbocycles. The van der Waals surface area contributed by atoms with Gasteiger partial charge in [0.15, 0.2) is 0 Å². The average molecular weight is 405 g/mol. The first-order valence-electron chi connectivity index (χ1n) is 7.18. The van der Waals surface area contributed by atoms with E-state index in [9.17, 15) is 17.6 Å². The molecule has 0 aromatic heterocycles. The highest BCUT2D eigenvalue weighted by Gasteiger charge is 2.20. The van der Waals surface area contributed by atoms with Crippen LogP contribution in [0.2, 0.25) is 10.0 Å². The largest absolute Gasteiger partial charge is 0.319 e. The van der Waals surface area contributed by atoms with E-state index in [1.54, 1.807) is 13.8 Å². The number of nitrogens with one attached hydrogen (secondary N) is 2. The van der Waals surface area contributed by atoms with Crippen LogP contribution in [0.1, 0.15) is 24.2 Å². The monoisotopic (exact) mass is 404 g/mol. The number of anilines is 1. The summed E-state index contributed by atoms with van der Waals surface area (Å²) >= 11 is 11.6. The van der Waals surface area contributed by atoms with E-state index in [0.717, 1.165) is 12.1 Å². The topological polar surface area (TPSA) is 75.3 Å². The molecule has 0 saturated heterocycles. The Morgan fingerprint density at radius 2 is 1.80 bits per heavy atom. The van der Waals surface area contributed by atoms with Crippen LogP contribution in [0.5, 0.6) is 0 Å². The van der Waals surface area contributed by atoms with E-state index < -0.39 is 21.7 Å². The lowest BCUT2D eigenvalue weighted by molar-refractivity contribution is 0.102. The number of hydrogen-bond acceptors (Lipinski definition) is 3. The molecule has 1 amide bonds. The molecule has 0 atom stereocenters. The van der Waals surface area contributed by atoms with Crippen molar-refractivity contribution < 1.29 is 17.6 Å². The van der Waals surface area contributed by atoms with Crippen molar-refractivity contribution >= 4 is 44.8 Å². The first-order valence-corrected chi connectivity index (χ1v) is 9.42. The summed E-state index contributed by atoms with van der Waals surface area (Å²) in [5, 5.41) is 2.56. The van der Waals surface area contributed by atoms with Crippen molar-refractivity contribution in [1.29, 1.82) is 0 Å². The highest BCUT2D eigenvalue weighted by molar-refractivity contribution is 7.89. The molecule has 5 nitrogen and oxygen atoms in total. The van der Waals surface area contributed by atoms with Crippen molar-refractivity contribution in [3.8, 4) is 0 Å². The van der Waals surface area contributed by atoms with Gasteiger partial charge in [-0.1, -0.05) is 23.2 Å². The number of rotatable bonds is 5. The van der Waals surface area contributed by atoms with Crippen LogP contribution in [0.3, 0.4) is 0 Å². The number of halogens is 3. The summed E-state index contributed by atoms with van der Waals surface area (Å²) in [5.41, 5.74) is -0.193. The van der Waals surface area contributed by atoms with Crippen LogP contribution in [-0.2, 0) is 10.0 Å². The van der Waals surface area contributed by atoms with E-state index in [0.29, 0.717) is 0 Å². The summed E-state index contributed by atoms with van der Waals surface area (Å²) < 4.78 is 40.6. The fraction of sp³-hybridized carbons (Fsp3) is 0.188. The number of carbonyl (C=O) groups is 1. The molecule has 0 fully saturated rings. The number of carbonyl (C=O) groups excluding carboxylic acids is 1. The smallest absolute Gasteiger partial charge is 0.257 e. The summed E-state index contributed by atoms with van der Waals surface area (Å²) in [5.74, 6) is -1.46. The summed E-state index contributed by atoms with van der Waals surface area (Å²) in [6.45, 7) is 3.34. The molecule has 2 rings (SSSR count). The van der Waals surface area contributed by atoms with Crippen molar-refractivity contribution in [3.63, 3.8) is 0 Å². The molecule has 0 heterocycles. The maximum atomic E-state index is 13.8. The lowest BCUT2D eigenvalue weighted by Crippen LogP contribution is -2.30. The highest BCUT2D eigenvalue weighted by atomic mass is 35.5. The van der Waals surface area contributed by atoms with Crippen LogP contribution in [0, 0.1) is 5.82 Å². The Morgan fingerprint density at radius 3 is 2.40 bits per heavy atom. The van der Waals surface area contributed by atoms with E-state index in [2.05, 4.69) is 10.0 Å². The van der Waals surface area contributed by atoms with Crippen LogP contribution in [-0.4, -0.2) is 20.4 Å². The Labute approximate surface area is 155 Å².